The fraction of sp³-hybridized carbons (Fsp3) is 0.625. The fourth-order valence-corrected chi connectivity index (χ4v) is 2.17. The van der Waals surface area contributed by atoms with Gasteiger partial charge in [-0.3, -0.25) is 0 Å². The van der Waals surface area contributed by atoms with Crippen LogP contribution in [-0.4, -0.2) is 24.1 Å². The van der Waals surface area contributed by atoms with Crippen molar-refractivity contribution in [2.24, 2.45) is 0 Å². The molecule has 0 aliphatic heterocycles. The number of hydrogen-bond acceptors (Lipinski definition) is 4. The summed E-state index contributed by atoms with van der Waals surface area (Å²) < 4.78 is 10.8. The molecule has 0 bridgehead atoms. The molecule has 1 rings (SSSR count). The third-order valence-corrected chi connectivity index (χ3v) is 2.99. The van der Waals surface area contributed by atoms with E-state index in [9.17, 15) is 9.59 Å². The van der Waals surface area contributed by atoms with E-state index in [1.165, 1.54) is 12.2 Å². The molecule has 1 fully saturated rings. The lowest BCUT2D eigenvalue weighted by Crippen LogP contribution is -2.37. The van der Waals surface area contributed by atoms with Crippen LogP contribution in [0.15, 0.2) is 23.3 Å². The molecule has 0 amide bonds. The molecular formula is C16H24O4. The molecule has 0 N–H and O–H groups in total. The minimum Gasteiger partial charge on any atom is -0.455 e. The van der Waals surface area contributed by atoms with Crippen molar-refractivity contribution in [3.63, 3.8) is 0 Å². The van der Waals surface area contributed by atoms with Gasteiger partial charge in [0.2, 0.25) is 0 Å². The Bertz CT molecular complexity index is 372. The van der Waals surface area contributed by atoms with Crippen molar-refractivity contribution in [2.75, 3.05) is 0 Å². The van der Waals surface area contributed by atoms with E-state index in [4.69, 9.17) is 9.47 Å². The van der Waals surface area contributed by atoms with Crippen LogP contribution in [0.5, 0.6) is 0 Å². The van der Waals surface area contributed by atoms with E-state index in [1.54, 1.807) is 0 Å². The van der Waals surface area contributed by atoms with Crippen LogP contribution in [0.3, 0.4) is 0 Å². The van der Waals surface area contributed by atoms with Gasteiger partial charge < -0.3 is 9.47 Å². The van der Waals surface area contributed by atoms with Crippen LogP contribution in [0, 0.1) is 0 Å². The Morgan fingerprint density at radius 2 is 1.15 bits per heavy atom. The van der Waals surface area contributed by atoms with Crippen molar-refractivity contribution in [1.29, 1.82) is 0 Å². The lowest BCUT2D eigenvalue weighted by molar-refractivity contribution is -0.165. The molecule has 4 heteroatoms. The predicted octanol–water partition coefficient (Wildman–Crippen LogP) is 3.32. The second kappa shape index (κ2) is 7.88. The van der Waals surface area contributed by atoms with Crippen LogP contribution < -0.4 is 0 Å². The Morgan fingerprint density at radius 1 is 0.800 bits per heavy atom. The Morgan fingerprint density at radius 3 is 1.45 bits per heavy atom. The molecule has 1 saturated carbocycles. The highest BCUT2D eigenvalue weighted by Gasteiger charge is 2.30. The number of hydrogen-bond donors (Lipinski definition) is 0. The van der Waals surface area contributed by atoms with Gasteiger partial charge in [0.15, 0.2) is 0 Å². The highest BCUT2D eigenvalue weighted by molar-refractivity contribution is 5.83. The first kappa shape index (κ1) is 16.5. The predicted molar refractivity (Wildman–Crippen MR) is 77.1 cm³/mol. The first-order valence-electron chi connectivity index (χ1n) is 7.09. The molecule has 0 aromatic heterocycles. The molecule has 20 heavy (non-hydrogen) atoms. The van der Waals surface area contributed by atoms with E-state index in [0.717, 1.165) is 36.8 Å². The lowest BCUT2D eigenvalue weighted by Gasteiger charge is -2.30. The summed E-state index contributed by atoms with van der Waals surface area (Å²) in [4.78, 5) is 23.4. The molecule has 0 spiro atoms. The van der Waals surface area contributed by atoms with E-state index < -0.39 is 0 Å². The Balaban J connectivity index is 2.62. The maximum atomic E-state index is 11.7. The van der Waals surface area contributed by atoms with Gasteiger partial charge >= 0.3 is 11.9 Å². The van der Waals surface area contributed by atoms with Crippen molar-refractivity contribution in [3.05, 3.63) is 23.3 Å². The van der Waals surface area contributed by atoms with Gasteiger partial charge in [0.05, 0.1) is 0 Å². The zero-order valence-electron chi connectivity index (χ0n) is 12.8. The molecule has 0 saturated heterocycles. The van der Waals surface area contributed by atoms with Crippen LogP contribution in [0.4, 0.5) is 0 Å². The van der Waals surface area contributed by atoms with Gasteiger partial charge in [-0.1, -0.05) is 11.1 Å². The molecule has 112 valence electrons. The summed E-state index contributed by atoms with van der Waals surface area (Å²) in [5.74, 6) is -0.722. The fourth-order valence-electron chi connectivity index (χ4n) is 2.17. The van der Waals surface area contributed by atoms with Crippen LogP contribution >= 0.6 is 0 Å². The van der Waals surface area contributed by atoms with Gasteiger partial charge in [0.1, 0.15) is 12.2 Å². The number of carbonyl (C=O) groups excluding carboxylic acids is 2. The van der Waals surface area contributed by atoms with Gasteiger partial charge in [-0.15, -0.1) is 0 Å². The molecule has 2 atom stereocenters. The number of ether oxygens (including phenoxy) is 2. The van der Waals surface area contributed by atoms with E-state index in [1.807, 2.05) is 27.7 Å². The van der Waals surface area contributed by atoms with Gasteiger partial charge in [-0.2, -0.15) is 0 Å². The summed E-state index contributed by atoms with van der Waals surface area (Å²) in [7, 11) is 0. The maximum absolute atomic E-state index is 11.7. The first-order chi connectivity index (χ1) is 9.38. The summed E-state index contributed by atoms with van der Waals surface area (Å²) in [5, 5.41) is 0. The Hall–Kier alpha value is -1.58. The van der Waals surface area contributed by atoms with E-state index in [2.05, 4.69) is 0 Å². The molecule has 0 unspecified atom stereocenters. The van der Waals surface area contributed by atoms with Crippen LogP contribution in [-0.2, 0) is 19.1 Å². The summed E-state index contributed by atoms with van der Waals surface area (Å²) in [5.41, 5.74) is 1.78. The topological polar surface area (TPSA) is 52.6 Å². The monoisotopic (exact) mass is 280 g/mol. The summed E-state index contributed by atoms with van der Waals surface area (Å²) >= 11 is 0. The summed E-state index contributed by atoms with van der Waals surface area (Å²) in [6, 6.07) is 0. The number of allylic oxidation sites excluding steroid dienone is 2. The van der Waals surface area contributed by atoms with Gasteiger partial charge in [-0.05, 0) is 53.4 Å². The highest BCUT2D eigenvalue weighted by atomic mass is 16.6. The minimum absolute atomic E-state index is 0.332. The van der Waals surface area contributed by atoms with Crippen molar-refractivity contribution in [3.8, 4) is 0 Å². The molecule has 1 aliphatic rings. The van der Waals surface area contributed by atoms with E-state index in [-0.39, 0.29) is 24.1 Å². The average molecular weight is 280 g/mol. The quantitative estimate of drug-likeness (QED) is 0.585. The number of carbonyl (C=O) groups is 2. The third-order valence-electron chi connectivity index (χ3n) is 2.99. The second-order valence-corrected chi connectivity index (χ2v) is 5.68. The number of rotatable bonds is 4. The first-order valence-corrected chi connectivity index (χ1v) is 7.09. The summed E-state index contributed by atoms with van der Waals surface area (Å²) in [6.45, 7) is 7.37. The smallest absolute Gasteiger partial charge is 0.331 e. The van der Waals surface area contributed by atoms with Crippen molar-refractivity contribution >= 4 is 11.9 Å². The normalized spacial score (nSPS) is 21.6. The van der Waals surface area contributed by atoms with Crippen LogP contribution in [0.2, 0.25) is 0 Å². The molecule has 0 heterocycles. The lowest BCUT2D eigenvalue weighted by atomic mass is 9.94. The summed E-state index contributed by atoms with van der Waals surface area (Å²) in [6.07, 6.45) is 5.73. The van der Waals surface area contributed by atoms with Crippen LogP contribution in [0.25, 0.3) is 0 Å². The SMILES string of the molecule is CC(C)=CC(=O)O[C@H]1CCCC[C@H]1OC(=O)C=C(C)C. The molecule has 0 radical (unpaired) electrons. The Labute approximate surface area is 120 Å². The molecule has 0 aromatic carbocycles. The van der Waals surface area contributed by atoms with E-state index in [0.29, 0.717) is 0 Å². The zero-order valence-corrected chi connectivity index (χ0v) is 12.8. The second-order valence-electron chi connectivity index (χ2n) is 5.68. The van der Waals surface area contributed by atoms with Gasteiger partial charge in [0.25, 0.3) is 0 Å². The average Bonchev–Trinajstić information content (AvgIpc) is 2.29. The zero-order chi connectivity index (χ0) is 15.1. The van der Waals surface area contributed by atoms with Gasteiger partial charge in [0, 0.05) is 12.2 Å². The minimum atomic E-state index is -0.361. The van der Waals surface area contributed by atoms with Crippen molar-refractivity contribution < 1.29 is 19.1 Å². The largest absolute Gasteiger partial charge is 0.455 e. The maximum Gasteiger partial charge on any atom is 0.331 e. The Kier molecular flexibility index (Phi) is 6.49. The molecule has 4 nitrogen and oxygen atoms in total. The van der Waals surface area contributed by atoms with Crippen LogP contribution in [0.1, 0.15) is 53.4 Å². The molecule has 0 aromatic rings. The van der Waals surface area contributed by atoms with Gasteiger partial charge in [-0.25, -0.2) is 9.59 Å². The number of esters is 2. The standard InChI is InChI=1S/C16H24O4/c1-11(2)9-15(17)19-13-7-5-6-8-14(13)20-16(18)10-12(3)4/h9-10,13-14H,5-8H2,1-4H3/t13-,14+. The molecular weight excluding hydrogens is 256 g/mol. The molecule has 1 aliphatic carbocycles. The van der Waals surface area contributed by atoms with Crippen molar-refractivity contribution in [1.82, 2.24) is 0 Å². The highest BCUT2D eigenvalue weighted by Crippen LogP contribution is 2.24. The van der Waals surface area contributed by atoms with Crippen molar-refractivity contribution in [2.45, 2.75) is 65.6 Å². The third kappa shape index (κ3) is 6.04. The van der Waals surface area contributed by atoms with E-state index >= 15 is 0 Å².